The molecular weight excluding hydrogens is 327 g/mol. The van der Waals surface area contributed by atoms with Crippen molar-refractivity contribution in [2.45, 2.75) is 38.4 Å². The number of amides is 2. The van der Waals surface area contributed by atoms with E-state index in [0.717, 1.165) is 18.4 Å². The van der Waals surface area contributed by atoms with E-state index in [-0.39, 0.29) is 23.7 Å². The van der Waals surface area contributed by atoms with Crippen molar-refractivity contribution in [3.8, 4) is 0 Å². The quantitative estimate of drug-likeness (QED) is 0.873. The van der Waals surface area contributed by atoms with Gasteiger partial charge in [-0.2, -0.15) is 0 Å². The highest BCUT2D eigenvalue weighted by Gasteiger charge is 2.35. The van der Waals surface area contributed by atoms with Crippen molar-refractivity contribution < 1.29 is 14.0 Å². The number of hydrogen-bond donors (Lipinski definition) is 1. The molecule has 0 bridgehead atoms. The lowest BCUT2D eigenvalue weighted by molar-refractivity contribution is -0.134. The van der Waals surface area contributed by atoms with Gasteiger partial charge in [-0.3, -0.25) is 9.59 Å². The Balaban J connectivity index is 1.65. The second-order valence-electron chi connectivity index (χ2n) is 6.00. The highest BCUT2D eigenvalue weighted by atomic mass is 32.1. The zero-order valence-electron chi connectivity index (χ0n) is 13.4. The molecule has 6 heteroatoms. The second-order valence-corrected chi connectivity index (χ2v) is 6.94. The molecule has 0 radical (unpaired) electrons. The van der Waals surface area contributed by atoms with E-state index in [1.165, 1.54) is 23.5 Å². The molecule has 3 rings (SSSR count). The highest BCUT2D eigenvalue weighted by molar-refractivity contribution is 7.12. The maximum absolute atomic E-state index is 13.0. The first kappa shape index (κ1) is 16.6. The Kier molecular flexibility index (Phi) is 4.94. The second kappa shape index (κ2) is 7.13. The molecule has 1 fully saturated rings. The SMILES string of the molecule is CC(NC(=O)c1cccs1)C(=O)N(Cc1ccc(F)cc1)C1CC1. The zero-order chi connectivity index (χ0) is 17.1. The summed E-state index contributed by atoms with van der Waals surface area (Å²) in [4.78, 5) is 27.2. The van der Waals surface area contributed by atoms with E-state index in [1.807, 2.05) is 5.38 Å². The lowest BCUT2D eigenvalue weighted by atomic mass is 10.2. The van der Waals surface area contributed by atoms with Crippen molar-refractivity contribution >= 4 is 23.2 Å². The van der Waals surface area contributed by atoms with Crippen LogP contribution in [0, 0.1) is 5.82 Å². The third-order valence-electron chi connectivity index (χ3n) is 4.00. The normalized spacial score (nSPS) is 14.9. The van der Waals surface area contributed by atoms with E-state index in [2.05, 4.69) is 5.32 Å². The standard InChI is InChI=1S/C18H19FN2O2S/c1-12(20-17(22)16-3-2-10-24-16)18(23)21(15-8-9-15)11-13-4-6-14(19)7-5-13/h2-7,10,12,15H,8-9,11H2,1H3,(H,20,22). The fourth-order valence-corrected chi connectivity index (χ4v) is 3.17. The van der Waals surface area contributed by atoms with Crippen molar-refractivity contribution in [2.24, 2.45) is 0 Å². The molecule has 1 unspecified atom stereocenters. The highest BCUT2D eigenvalue weighted by Crippen LogP contribution is 2.29. The van der Waals surface area contributed by atoms with Crippen LogP contribution in [-0.2, 0) is 11.3 Å². The first-order valence-electron chi connectivity index (χ1n) is 7.94. The number of hydrogen-bond acceptors (Lipinski definition) is 3. The van der Waals surface area contributed by atoms with Crippen LogP contribution in [0.2, 0.25) is 0 Å². The van der Waals surface area contributed by atoms with Crippen molar-refractivity contribution in [3.05, 3.63) is 58.0 Å². The number of halogens is 1. The van der Waals surface area contributed by atoms with E-state index in [1.54, 1.807) is 36.1 Å². The number of nitrogens with zero attached hydrogens (tertiary/aromatic N) is 1. The Labute approximate surface area is 144 Å². The Morgan fingerprint density at radius 1 is 1.29 bits per heavy atom. The van der Waals surface area contributed by atoms with Crippen molar-refractivity contribution in [2.75, 3.05) is 0 Å². The van der Waals surface area contributed by atoms with Crippen LogP contribution in [0.4, 0.5) is 4.39 Å². The maximum Gasteiger partial charge on any atom is 0.261 e. The van der Waals surface area contributed by atoms with Crippen molar-refractivity contribution in [1.82, 2.24) is 10.2 Å². The van der Waals surface area contributed by atoms with Gasteiger partial charge in [0.15, 0.2) is 0 Å². The molecule has 2 amide bonds. The Morgan fingerprint density at radius 2 is 2.00 bits per heavy atom. The Bertz CT molecular complexity index is 711. The lowest BCUT2D eigenvalue weighted by Gasteiger charge is -2.26. The zero-order valence-corrected chi connectivity index (χ0v) is 14.2. The van der Waals surface area contributed by atoms with Gasteiger partial charge < -0.3 is 10.2 Å². The van der Waals surface area contributed by atoms with Crippen molar-refractivity contribution in [1.29, 1.82) is 0 Å². The molecule has 0 spiro atoms. The van der Waals surface area contributed by atoms with Gasteiger partial charge in [0.2, 0.25) is 5.91 Å². The largest absolute Gasteiger partial charge is 0.340 e. The fraction of sp³-hybridized carbons (Fsp3) is 0.333. The average Bonchev–Trinajstić information content (AvgIpc) is 3.26. The number of benzene rings is 1. The van der Waals surface area contributed by atoms with Gasteiger partial charge in [0.05, 0.1) is 4.88 Å². The predicted molar refractivity (Wildman–Crippen MR) is 91.2 cm³/mol. The first-order valence-corrected chi connectivity index (χ1v) is 8.82. The van der Waals surface area contributed by atoms with Crippen LogP contribution < -0.4 is 5.32 Å². The smallest absolute Gasteiger partial charge is 0.261 e. The topological polar surface area (TPSA) is 49.4 Å². The Morgan fingerprint density at radius 3 is 2.58 bits per heavy atom. The molecule has 2 aromatic rings. The molecule has 0 aliphatic heterocycles. The van der Waals surface area contributed by atoms with E-state index < -0.39 is 6.04 Å². The minimum atomic E-state index is -0.597. The third kappa shape index (κ3) is 4.00. The molecule has 1 atom stereocenters. The summed E-state index contributed by atoms with van der Waals surface area (Å²) in [5.74, 6) is -0.630. The summed E-state index contributed by atoms with van der Waals surface area (Å²) in [5, 5.41) is 4.59. The van der Waals surface area contributed by atoms with Gasteiger partial charge in [-0.1, -0.05) is 18.2 Å². The van der Waals surface area contributed by atoms with Crippen LogP contribution in [-0.4, -0.2) is 28.8 Å². The summed E-state index contributed by atoms with van der Waals surface area (Å²) in [7, 11) is 0. The average molecular weight is 346 g/mol. The molecule has 1 saturated carbocycles. The summed E-state index contributed by atoms with van der Waals surface area (Å²) < 4.78 is 13.0. The minimum absolute atomic E-state index is 0.105. The van der Waals surface area contributed by atoms with Gasteiger partial charge in [-0.15, -0.1) is 11.3 Å². The summed E-state index contributed by atoms with van der Waals surface area (Å²) >= 11 is 1.34. The summed E-state index contributed by atoms with van der Waals surface area (Å²) in [6, 6.07) is 9.31. The van der Waals surface area contributed by atoms with Gasteiger partial charge in [-0.05, 0) is 48.9 Å². The van der Waals surface area contributed by atoms with Crippen LogP contribution in [0.15, 0.2) is 41.8 Å². The molecule has 1 aromatic heterocycles. The molecule has 1 N–H and O–H groups in total. The number of carbonyl (C=O) groups excluding carboxylic acids is 2. The molecule has 1 aromatic carbocycles. The number of rotatable bonds is 6. The maximum atomic E-state index is 13.0. The summed E-state index contributed by atoms with van der Waals surface area (Å²) in [5.41, 5.74) is 0.883. The molecule has 0 saturated heterocycles. The number of thiophene rings is 1. The van der Waals surface area contributed by atoms with Gasteiger partial charge >= 0.3 is 0 Å². The summed E-state index contributed by atoms with van der Waals surface area (Å²) in [6.45, 7) is 2.14. The van der Waals surface area contributed by atoms with Crippen LogP contribution in [0.5, 0.6) is 0 Å². The minimum Gasteiger partial charge on any atom is -0.340 e. The molecule has 126 valence electrons. The molecule has 4 nitrogen and oxygen atoms in total. The van der Waals surface area contributed by atoms with E-state index in [0.29, 0.717) is 11.4 Å². The van der Waals surface area contributed by atoms with E-state index >= 15 is 0 Å². The van der Waals surface area contributed by atoms with Crippen LogP contribution in [0.25, 0.3) is 0 Å². The number of nitrogens with one attached hydrogen (secondary N) is 1. The van der Waals surface area contributed by atoms with Gasteiger partial charge in [0, 0.05) is 12.6 Å². The fourth-order valence-electron chi connectivity index (χ4n) is 2.55. The van der Waals surface area contributed by atoms with Gasteiger partial charge in [-0.25, -0.2) is 4.39 Å². The lowest BCUT2D eigenvalue weighted by Crippen LogP contribution is -2.47. The van der Waals surface area contributed by atoms with Crippen molar-refractivity contribution in [3.63, 3.8) is 0 Å². The molecular formula is C18H19FN2O2S. The Hall–Kier alpha value is -2.21. The molecule has 1 aliphatic rings. The first-order chi connectivity index (χ1) is 11.5. The van der Waals surface area contributed by atoms with Gasteiger partial charge in [0.25, 0.3) is 5.91 Å². The van der Waals surface area contributed by atoms with E-state index in [9.17, 15) is 14.0 Å². The van der Waals surface area contributed by atoms with E-state index in [4.69, 9.17) is 0 Å². The molecule has 1 heterocycles. The third-order valence-corrected chi connectivity index (χ3v) is 4.87. The van der Waals surface area contributed by atoms with Crippen LogP contribution in [0.1, 0.15) is 35.0 Å². The van der Waals surface area contributed by atoms with Gasteiger partial charge in [0.1, 0.15) is 11.9 Å². The monoisotopic (exact) mass is 346 g/mol. The molecule has 24 heavy (non-hydrogen) atoms. The van der Waals surface area contributed by atoms with Crippen LogP contribution >= 0.6 is 11.3 Å². The summed E-state index contributed by atoms with van der Waals surface area (Å²) in [6.07, 6.45) is 1.94. The molecule has 1 aliphatic carbocycles. The number of carbonyl (C=O) groups is 2. The predicted octanol–water partition coefficient (Wildman–Crippen LogP) is 3.20. The van der Waals surface area contributed by atoms with Crippen LogP contribution in [0.3, 0.4) is 0 Å².